The summed E-state index contributed by atoms with van der Waals surface area (Å²) < 4.78 is 50.3. The molecule has 0 spiro atoms. The average molecular weight is 429 g/mol. The molecule has 6 nitrogen and oxygen atoms in total. The zero-order valence-electron chi connectivity index (χ0n) is 17.4. The second-order valence-electron chi connectivity index (χ2n) is 9.01. The van der Waals surface area contributed by atoms with Crippen molar-refractivity contribution in [2.45, 2.75) is 80.6 Å². The van der Waals surface area contributed by atoms with Gasteiger partial charge in [0, 0.05) is 6.61 Å². The van der Waals surface area contributed by atoms with E-state index in [4.69, 9.17) is 18.6 Å². The van der Waals surface area contributed by atoms with Gasteiger partial charge in [0.1, 0.15) is 0 Å². The van der Waals surface area contributed by atoms with E-state index in [2.05, 4.69) is 33.9 Å². The van der Waals surface area contributed by atoms with E-state index in [1.165, 1.54) is 0 Å². The second kappa shape index (κ2) is 7.81. The molecule has 28 heavy (non-hydrogen) atoms. The molecule has 2 aliphatic heterocycles. The Morgan fingerprint density at radius 3 is 2.43 bits per heavy atom. The van der Waals surface area contributed by atoms with Gasteiger partial charge >= 0.3 is 5.12 Å². The first-order valence-electron chi connectivity index (χ1n) is 9.90. The average Bonchev–Trinajstić information content (AvgIpc) is 3.35. The smallest absolute Gasteiger partial charge is 0.310 e. The van der Waals surface area contributed by atoms with Crippen LogP contribution in [-0.2, 0) is 28.5 Å². The quantitative estimate of drug-likeness (QED) is 0.481. The van der Waals surface area contributed by atoms with E-state index in [1.54, 1.807) is 30.3 Å². The van der Waals surface area contributed by atoms with Crippen LogP contribution in [0.15, 0.2) is 35.2 Å². The number of sulfone groups is 1. The Kier molecular flexibility index (Phi) is 6.12. The number of hydrogen-bond acceptors (Lipinski definition) is 6. The molecule has 0 radical (unpaired) electrons. The summed E-state index contributed by atoms with van der Waals surface area (Å²) in [6.45, 7) is 11.5. The van der Waals surface area contributed by atoms with Crippen molar-refractivity contribution < 1.29 is 27.1 Å². The van der Waals surface area contributed by atoms with Crippen LogP contribution >= 0.6 is 0 Å². The van der Waals surface area contributed by atoms with Crippen LogP contribution in [0, 0.1) is 0 Å². The maximum atomic E-state index is 13.4. The van der Waals surface area contributed by atoms with Crippen molar-refractivity contribution in [1.82, 2.24) is 0 Å². The van der Waals surface area contributed by atoms with Crippen LogP contribution in [0.3, 0.4) is 0 Å². The van der Waals surface area contributed by atoms with Gasteiger partial charge < -0.3 is 18.6 Å². The van der Waals surface area contributed by atoms with E-state index in [1.807, 2.05) is 0 Å². The zero-order chi connectivity index (χ0) is 20.6. The first-order chi connectivity index (χ1) is 13.0. The van der Waals surface area contributed by atoms with Gasteiger partial charge in [-0.3, -0.25) is 0 Å². The normalized spacial score (nSPS) is 28.9. The Bertz CT molecular complexity index is 768. The van der Waals surface area contributed by atoms with Crippen molar-refractivity contribution in [3.05, 3.63) is 30.3 Å². The fourth-order valence-corrected chi connectivity index (χ4v) is 5.69. The number of epoxide rings is 1. The summed E-state index contributed by atoms with van der Waals surface area (Å²) in [5.41, 5.74) is 0. The van der Waals surface area contributed by atoms with Gasteiger partial charge in [-0.25, -0.2) is 8.42 Å². The number of rotatable bonds is 7. The minimum absolute atomic E-state index is 0.0240. The molecule has 0 saturated carbocycles. The van der Waals surface area contributed by atoms with Crippen LogP contribution in [0.2, 0.25) is 18.1 Å². The van der Waals surface area contributed by atoms with Gasteiger partial charge in [-0.05, 0) is 49.5 Å². The monoisotopic (exact) mass is 428 g/mol. The molecular formula is C20H32O6SSi. The summed E-state index contributed by atoms with van der Waals surface area (Å²) >= 11 is 0. The Morgan fingerprint density at radius 1 is 1.18 bits per heavy atom. The highest BCUT2D eigenvalue weighted by Crippen LogP contribution is 2.49. The molecule has 2 fully saturated rings. The minimum atomic E-state index is -3.87. The first kappa shape index (κ1) is 21.9. The fraction of sp³-hybridized carbons (Fsp3) is 0.700. The topological polar surface area (TPSA) is 74.4 Å². The first-order valence-corrected chi connectivity index (χ1v) is 14.3. The van der Waals surface area contributed by atoms with E-state index in [0.717, 1.165) is 12.8 Å². The third-order valence-corrected chi connectivity index (χ3v) is 12.5. The van der Waals surface area contributed by atoms with Gasteiger partial charge in [0.15, 0.2) is 20.7 Å². The molecule has 0 amide bonds. The number of hydrogen-bond donors (Lipinski definition) is 0. The molecule has 3 rings (SSSR count). The molecule has 0 aromatic heterocycles. The molecule has 1 aromatic rings. The van der Waals surface area contributed by atoms with E-state index >= 15 is 0 Å². The van der Waals surface area contributed by atoms with Crippen molar-refractivity contribution >= 4 is 18.2 Å². The number of benzene rings is 1. The van der Waals surface area contributed by atoms with Gasteiger partial charge in [-0.2, -0.15) is 0 Å². The summed E-state index contributed by atoms with van der Waals surface area (Å²) in [6.07, 6.45) is 1.31. The standard InChI is InChI=1S/C20H32O6SSi/c1-19(2,3)28(4,5)24-15-17-20(25-17,26-18-13-9-10-14-23-18)27(21,22)16-11-7-6-8-12-16/h6-8,11-12,17-18H,9-10,13-15H2,1-5H3/t17-,18?,20-/m0/s1. The number of ether oxygens (including phenoxy) is 3. The van der Waals surface area contributed by atoms with Gasteiger partial charge in [0.2, 0.25) is 9.84 Å². The predicted octanol–water partition coefficient (Wildman–Crippen LogP) is 4.08. The molecule has 0 N–H and O–H groups in total. The molecule has 3 atom stereocenters. The second-order valence-corrected chi connectivity index (χ2v) is 15.9. The van der Waals surface area contributed by atoms with E-state index in [0.29, 0.717) is 13.0 Å². The fourth-order valence-electron chi connectivity index (χ4n) is 2.96. The molecule has 2 heterocycles. The maximum Gasteiger partial charge on any atom is 0.310 e. The molecule has 0 aliphatic carbocycles. The summed E-state index contributed by atoms with van der Waals surface area (Å²) in [4.78, 5) is 0.181. The van der Waals surface area contributed by atoms with Crippen LogP contribution in [0.1, 0.15) is 40.0 Å². The Hall–Kier alpha value is -0.773. The van der Waals surface area contributed by atoms with E-state index < -0.39 is 35.7 Å². The lowest BCUT2D eigenvalue weighted by atomic mass is 10.2. The SMILES string of the molecule is CC(C)(C)[Si](C)(C)OC[C@@H]1O[C@@]1(OC1CCCCO1)S(=O)(=O)c1ccccc1. The summed E-state index contributed by atoms with van der Waals surface area (Å²) in [5.74, 6) is 0. The van der Waals surface area contributed by atoms with Crippen LogP contribution < -0.4 is 0 Å². The summed E-state index contributed by atoms with van der Waals surface area (Å²) in [5, 5.41) is -1.71. The minimum Gasteiger partial charge on any atom is -0.414 e. The van der Waals surface area contributed by atoms with E-state index in [-0.39, 0.29) is 16.5 Å². The maximum absolute atomic E-state index is 13.4. The van der Waals surface area contributed by atoms with Crippen molar-refractivity contribution in [1.29, 1.82) is 0 Å². The Balaban J connectivity index is 1.82. The lowest BCUT2D eigenvalue weighted by molar-refractivity contribution is -0.197. The largest absolute Gasteiger partial charge is 0.414 e. The highest BCUT2D eigenvalue weighted by Gasteiger charge is 2.70. The van der Waals surface area contributed by atoms with Crippen molar-refractivity contribution in [2.75, 3.05) is 13.2 Å². The van der Waals surface area contributed by atoms with Gasteiger partial charge in [0.25, 0.3) is 0 Å². The summed E-state index contributed by atoms with van der Waals surface area (Å²) in [6, 6.07) is 8.30. The van der Waals surface area contributed by atoms with Crippen molar-refractivity contribution in [2.24, 2.45) is 0 Å². The van der Waals surface area contributed by atoms with E-state index in [9.17, 15) is 8.42 Å². The predicted molar refractivity (Wildman–Crippen MR) is 109 cm³/mol. The van der Waals surface area contributed by atoms with Crippen LogP contribution in [0.5, 0.6) is 0 Å². The van der Waals surface area contributed by atoms with Crippen LogP contribution in [-0.4, -0.2) is 47.5 Å². The molecule has 0 bridgehead atoms. The molecule has 8 heteroatoms. The highest BCUT2D eigenvalue weighted by atomic mass is 32.2. The van der Waals surface area contributed by atoms with Gasteiger partial charge in [0.05, 0.1) is 11.5 Å². The van der Waals surface area contributed by atoms with Gasteiger partial charge in [-0.15, -0.1) is 0 Å². The lowest BCUT2D eigenvalue weighted by Crippen LogP contribution is -2.43. The molecular weight excluding hydrogens is 396 g/mol. The highest BCUT2D eigenvalue weighted by molar-refractivity contribution is 7.92. The zero-order valence-corrected chi connectivity index (χ0v) is 19.3. The van der Waals surface area contributed by atoms with Crippen molar-refractivity contribution in [3.8, 4) is 0 Å². The summed E-state index contributed by atoms with van der Waals surface area (Å²) in [7, 11) is -5.91. The third-order valence-electron chi connectivity index (χ3n) is 5.91. The molecule has 158 valence electrons. The molecule has 2 saturated heterocycles. The lowest BCUT2D eigenvalue weighted by Gasteiger charge is -2.36. The van der Waals surface area contributed by atoms with Gasteiger partial charge in [-0.1, -0.05) is 39.0 Å². The molecule has 1 aromatic carbocycles. The molecule has 2 aliphatic rings. The Morgan fingerprint density at radius 2 is 1.86 bits per heavy atom. The third kappa shape index (κ3) is 4.22. The van der Waals surface area contributed by atoms with Crippen molar-refractivity contribution in [3.63, 3.8) is 0 Å². The van der Waals surface area contributed by atoms with Crippen LogP contribution in [0.25, 0.3) is 0 Å². The van der Waals surface area contributed by atoms with Crippen LogP contribution in [0.4, 0.5) is 0 Å². The Labute approximate surface area is 169 Å². The molecule has 1 unspecified atom stereocenters.